The molecule has 2 atom stereocenters. The molecule has 1 aromatic carbocycles. The highest BCUT2D eigenvalue weighted by atomic mass is 79.9. The first-order valence-electron chi connectivity index (χ1n) is 7.50. The molecule has 0 radical (unpaired) electrons. The molecule has 0 saturated carbocycles. The highest BCUT2D eigenvalue weighted by Gasteiger charge is 2.37. The van der Waals surface area contributed by atoms with Crippen LogP contribution < -0.4 is 5.32 Å². The summed E-state index contributed by atoms with van der Waals surface area (Å²) >= 11 is 3.49. The minimum Gasteiger partial charge on any atom is -0.336 e. The van der Waals surface area contributed by atoms with E-state index in [2.05, 4.69) is 33.1 Å². The van der Waals surface area contributed by atoms with Crippen molar-refractivity contribution in [1.29, 1.82) is 0 Å². The van der Waals surface area contributed by atoms with Crippen LogP contribution in [0.3, 0.4) is 0 Å². The summed E-state index contributed by atoms with van der Waals surface area (Å²) in [4.78, 5) is 14.9. The number of amides is 1. The number of benzene rings is 1. The zero-order valence-corrected chi connectivity index (χ0v) is 13.4. The maximum atomic E-state index is 12.8. The van der Waals surface area contributed by atoms with Crippen LogP contribution in [0.1, 0.15) is 43.0 Å². The Bertz CT molecular complexity index is 493. The molecule has 0 aromatic heterocycles. The van der Waals surface area contributed by atoms with Gasteiger partial charge in [-0.2, -0.15) is 0 Å². The Labute approximate surface area is 128 Å². The molecule has 3 nitrogen and oxygen atoms in total. The van der Waals surface area contributed by atoms with Crippen molar-refractivity contribution in [3.8, 4) is 0 Å². The van der Waals surface area contributed by atoms with Crippen LogP contribution in [0.25, 0.3) is 0 Å². The molecule has 0 spiro atoms. The van der Waals surface area contributed by atoms with Crippen LogP contribution in [0.5, 0.6) is 0 Å². The molecule has 0 aliphatic carbocycles. The molecule has 2 saturated heterocycles. The van der Waals surface area contributed by atoms with Gasteiger partial charge < -0.3 is 10.2 Å². The fourth-order valence-corrected chi connectivity index (χ4v) is 4.09. The standard InChI is InChI=1S/C16H21BrN2O/c1-2-19(13-9-11-7-8-12(10-13)18-11)16(20)14-5-3-4-6-15(14)17/h3-6,11-13,18H,2,7-10H2,1H3. The molecule has 2 heterocycles. The van der Waals surface area contributed by atoms with Gasteiger partial charge in [0.15, 0.2) is 0 Å². The van der Waals surface area contributed by atoms with Crippen molar-refractivity contribution in [2.45, 2.75) is 50.7 Å². The van der Waals surface area contributed by atoms with Crippen LogP contribution in [0.15, 0.2) is 28.7 Å². The third kappa shape index (κ3) is 2.63. The third-order valence-electron chi connectivity index (χ3n) is 4.59. The van der Waals surface area contributed by atoms with Crippen LogP contribution >= 0.6 is 15.9 Å². The van der Waals surface area contributed by atoms with Gasteiger partial charge in [-0.25, -0.2) is 0 Å². The highest BCUT2D eigenvalue weighted by molar-refractivity contribution is 9.10. The van der Waals surface area contributed by atoms with Crippen molar-refractivity contribution in [2.75, 3.05) is 6.54 Å². The smallest absolute Gasteiger partial charge is 0.255 e. The Balaban J connectivity index is 1.79. The van der Waals surface area contributed by atoms with Crippen LogP contribution in [0.2, 0.25) is 0 Å². The number of nitrogens with one attached hydrogen (secondary N) is 1. The average Bonchev–Trinajstić information content (AvgIpc) is 2.79. The van der Waals surface area contributed by atoms with Gasteiger partial charge in [-0.05, 0) is 60.7 Å². The Morgan fingerprint density at radius 1 is 1.30 bits per heavy atom. The van der Waals surface area contributed by atoms with Gasteiger partial charge >= 0.3 is 0 Å². The lowest BCUT2D eigenvalue weighted by Gasteiger charge is -2.37. The topological polar surface area (TPSA) is 32.3 Å². The van der Waals surface area contributed by atoms with Crippen LogP contribution in [-0.2, 0) is 0 Å². The molecule has 20 heavy (non-hydrogen) atoms. The van der Waals surface area contributed by atoms with E-state index in [4.69, 9.17) is 0 Å². The first-order chi connectivity index (χ1) is 9.69. The van der Waals surface area contributed by atoms with E-state index in [1.54, 1.807) is 0 Å². The van der Waals surface area contributed by atoms with Gasteiger partial charge in [0.25, 0.3) is 5.91 Å². The predicted octanol–water partition coefficient (Wildman–Crippen LogP) is 3.19. The number of hydrogen-bond acceptors (Lipinski definition) is 2. The van der Waals surface area contributed by atoms with E-state index in [1.807, 2.05) is 24.3 Å². The van der Waals surface area contributed by atoms with E-state index < -0.39 is 0 Å². The first kappa shape index (κ1) is 14.1. The van der Waals surface area contributed by atoms with Crippen molar-refractivity contribution in [3.05, 3.63) is 34.3 Å². The number of rotatable bonds is 3. The van der Waals surface area contributed by atoms with Gasteiger partial charge in [0.05, 0.1) is 5.56 Å². The summed E-state index contributed by atoms with van der Waals surface area (Å²) in [5.74, 6) is 0.159. The van der Waals surface area contributed by atoms with Crippen LogP contribution in [-0.4, -0.2) is 35.5 Å². The summed E-state index contributed by atoms with van der Waals surface area (Å²) in [5.41, 5.74) is 0.778. The second kappa shape index (κ2) is 5.86. The number of fused-ring (bicyclic) bond motifs is 2. The summed E-state index contributed by atoms with van der Waals surface area (Å²) in [5, 5.41) is 3.64. The maximum absolute atomic E-state index is 12.8. The molecule has 1 N–H and O–H groups in total. The minimum absolute atomic E-state index is 0.159. The van der Waals surface area contributed by atoms with Crippen LogP contribution in [0.4, 0.5) is 0 Å². The Morgan fingerprint density at radius 3 is 2.55 bits per heavy atom. The molecule has 2 aliphatic heterocycles. The van der Waals surface area contributed by atoms with E-state index in [-0.39, 0.29) is 5.91 Å². The largest absolute Gasteiger partial charge is 0.336 e. The van der Waals surface area contributed by atoms with Gasteiger partial charge in [0.1, 0.15) is 0 Å². The summed E-state index contributed by atoms with van der Waals surface area (Å²) in [6.07, 6.45) is 4.73. The van der Waals surface area contributed by atoms with E-state index in [9.17, 15) is 4.79 Å². The molecule has 1 amide bonds. The normalized spacial score (nSPS) is 28.4. The summed E-state index contributed by atoms with van der Waals surface area (Å²) in [6, 6.07) is 9.33. The van der Waals surface area contributed by atoms with Crippen molar-refractivity contribution in [3.63, 3.8) is 0 Å². The van der Waals surface area contributed by atoms with E-state index in [1.165, 1.54) is 12.8 Å². The van der Waals surface area contributed by atoms with Gasteiger partial charge in [0.2, 0.25) is 0 Å². The molecule has 3 rings (SSSR count). The van der Waals surface area contributed by atoms with E-state index in [0.29, 0.717) is 18.1 Å². The average molecular weight is 337 g/mol. The zero-order chi connectivity index (χ0) is 14.1. The summed E-state index contributed by atoms with van der Waals surface area (Å²) in [7, 11) is 0. The van der Waals surface area contributed by atoms with E-state index >= 15 is 0 Å². The number of halogens is 1. The molecule has 108 valence electrons. The third-order valence-corrected chi connectivity index (χ3v) is 5.29. The number of hydrogen-bond donors (Lipinski definition) is 1. The maximum Gasteiger partial charge on any atom is 0.255 e. The molecule has 2 fully saturated rings. The molecular formula is C16H21BrN2O. The van der Waals surface area contributed by atoms with Gasteiger partial charge in [0, 0.05) is 29.1 Å². The fourth-order valence-electron chi connectivity index (χ4n) is 3.64. The molecule has 4 heteroatoms. The van der Waals surface area contributed by atoms with Gasteiger partial charge in [-0.15, -0.1) is 0 Å². The molecular weight excluding hydrogens is 316 g/mol. The molecule has 2 bridgehead atoms. The molecule has 1 aromatic rings. The highest BCUT2D eigenvalue weighted by Crippen LogP contribution is 2.31. The lowest BCUT2D eigenvalue weighted by molar-refractivity contribution is 0.0630. The van der Waals surface area contributed by atoms with Crippen molar-refractivity contribution >= 4 is 21.8 Å². The quantitative estimate of drug-likeness (QED) is 0.919. The first-order valence-corrected chi connectivity index (χ1v) is 8.30. The zero-order valence-electron chi connectivity index (χ0n) is 11.8. The number of carbonyl (C=O) groups excluding carboxylic acids is 1. The summed E-state index contributed by atoms with van der Waals surface area (Å²) < 4.78 is 0.889. The van der Waals surface area contributed by atoms with Crippen molar-refractivity contribution in [2.24, 2.45) is 0 Å². The Kier molecular flexibility index (Phi) is 4.13. The number of nitrogens with zero attached hydrogens (tertiary/aromatic N) is 1. The minimum atomic E-state index is 0.159. The lowest BCUT2D eigenvalue weighted by atomic mass is 9.97. The second-order valence-corrected chi connectivity index (χ2v) is 6.69. The SMILES string of the molecule is CCN(C(=O)c1ccccc1Br)C1CC2CCC(C1)N2. The number of piperidine rings is 1. The van der Waals surface area contributed by atoms with Crippen LogP contribution in [0, 0.1) is 0 Å². The second-order valence-electron chi connectivity index (χ2n) is 5.83. The predicted molar refractivity (Wildman–Crippen MR) is 83.8 cm³/mol. The van der Waals surface area contributed by atoms with Gasteiger partial charge in [-0.1, -0.05) is 12.1 Å². The van der Waals surface area contributed by atoms with E-state index in [0.717, 1.165) is 29.4 Å². The van der Waals surface area contributed by atoms with Gasteiger partial charge in [-0.3, -0.25) is 4.79 Å². The molecule has 2 aliphatic rings. The Hall–Kier alpha value is -0.870. The molecule has 2 unspecified atom stereocenters. The summed E-state index contributed by atoms with van der Waals surface area (Å²) in [6.45, 7) is 2.86. The Morgan fingerprint density at radius 2 is 1.95 bits per heavy atom. The lowest BCUT2D eigenvalue weighted by Crippen LogP contribution is -2.50. The number of carbonyl (C=O) groups is 1. The fraction of sp³-hybridized carbons (Fsp3) is 0.562. The monoisotopic (exact) mass is 336 g/mol. The van der Waals surface area contributed by atoms with Crippen molar-refractivity contribution < 1.29 is 4.79 Å². The van der Waals surface area contributed by atoms with Crippen molar-refractivity contribution in [1.82, 2.24) is 10.2 Å².